The first-order valence-electron chi connectivity index (χ1n) is 7.71. The fraction of sp³-hybridized carbons (Fsp3) is 0.118. The summed E-state index contributed by atoms with van der Waals surface area (Å²) in [5, 5.41) is 21.5. The summed E-state index contributed by atoms with van der Waals surface area (Å²) in [6.45, 7) is 0. The van der Waals surface area contributed by atoms with Gasteiger partial charge in [-0.2, -0.15) is 5.10 Å². The highest BCUT2D eigenvalue weighted by molar-refractivity contribution is 7.99. The van der Waals surface area contributed by atoms with E-state index in [2.05, 4.69) is 25.7 Å². The van der Waals surface area contributed by atoms with Gasteiger partial charge in [0.2, 0.25) is 5.89 Å². The lowest BCUT2D eigenvalue weighted by molar-refractivity contribution is -0.118. The maximum absolute atomic E-state index is 11.9. The lowest BCUT2D eigenvalue weighted by Crippen LogP contribution is -2.19. The van der Waals surface area contributed by atoms with Crippen molar-refractivity contribution >= 4 is 23.9 Å². The molecule has 2 aromatic heterocycles. The maximum Gasteiger partial charge on any atom is 0.277 e. The van der Waals surface area contributed by atoms with E-state index >= 15 is 0 Å². The third-order valence-corrected chi connectivity index (χ3v) is 4.09. The summed E-state index contributed by atoms with van der Waals surface area (Å²) in [5.74, 6) is 0.446. The molecule has 138 valence electrons. The highest BCUT2D eigenvalue weighted by Crippen LogP contribution is 2.25. The van der Waals surface area contributed by atoms with Crippen LogP contribution in [-0.2, 0) is 4.79 Å². The van der Waals surface area contributed by atoms with E-state index in [9.17, 15) is 9.90 Å². The van der Waals surface area contributed by atoms with Crippen LogP contribution in [0.1, 0.15) is 5.56 Å². The van der Waals surface area contributed by atoms with Gasteiger partial charge >= 0.3 is 0 Å². The monoisotopic (exact) mass is 385 g/mol. The van der Waals surface area contributed by atoms with Gasteiger partial charge in [0.25, 0.3) is 11.1 Å². The SMILES string of the molecule is COc1cc(/C=N/NC(=O)CSc2nnc(-c3ccncc3)o2)ccc1O. The number of amides is 1. The molecule has 0 spiro atoms. The number of carbonyl (C=O) groups excluding carboxylic acids is 1. The van der Waals surface area contributed by atoms with Gasteiger partial charge in [-0.25, -0.2) is 5.43 Å². The standard InChI is InChI=1S/C17H15N5O4S/c1-25-14-8-11(2-3-13(14)23)9-19-20-15(24)10-27-17-22-21-16(26-17)12-4-6-18-7-5-12/h2-9,23H,10H2,1H3,(H,20,24)/b19-9+. The Morgan fingerprint density at radius 2 is 2.15 bits per heavy atom. The number of carbonyl (C=O) groups is 1. The van der Waals surface area contributed by atoms with Crippen LogP contribution in [0, 0.1) is 0 Å². The second kappa shape index (κ2) is 8.81. The summed E-state index contributed by atoms with van der Waals surface area (Å²) in [6, 6.07) is 8.22. The molecule has 27 heavy (non-hydrogen) atoms. The predicted molar refractivity (Wildman–Crippen MR) is 98.6 cm³/mol. The van der Waals surface area contributed by atoms with Crippen LogP contribution in [0.3, 0.4) is 0 Å². The van der Waals surface area contributed by atoms with Gasteiger partial charge in [-0.15, -0.1) is 10.2 Å². The van der Waals surface area contributed by atoms with Crippen LogP contribution < -0.4 is 10.2 Å². The van der Waals surface area contributed by atoms with Crippen molar-refractivity contribution in [3.8, 4) is 23.0 Å². The normalized spacial score (nSPS) is 10.9. The number of aromatic hydroxyl groups is 1. The zero-order chi connectivity index (χ0) is 19.1. The molecule has 2 heterocycles. The summed E-state index contributed by atoms with van der Waals surface area (Å²) in [6.07, 6.45) is 4.70. The molecule has 9 nitrogen and oxygen atoms in total. The zero-order valence-corrected chi connectivity index (χ0v) is 15.0. The average Bonchev–Trinajstić information content (AvgIpc) is 3.17. The number of hydrogen-bond acceptors (Lipinski definition) is 9. The predicted octanol–water partition coefficient (Wildman–Crippen LogP) is 2.09. The Hall–Kier alpha value is -3.40. The minimum Gasteiger partial charge on any atom is -0.504 e. The van der Waals surface area contributed by atoms with Crippen molar-refractivity contribution in [2.24, 2.45) is 5.10 Å². The number of hydrazone groups is 1. The molecular formula is C17H15N5O4S. The number of thioether (sulfide) groups is 1. The molecular weight excluding hydrogens is 370 g/mol. The van der Waals surface area contributed by atoms with E-state index in [4.69, 9.17) is 9.15 Å². The number of methoxy groups -OCH3 is 1. The summed E-state index contributed by atoms with van der Waals surface area (Å²) in [7, 11) is 1.45. The van der Waals surface area contributed by atoms with Gasteiger partial charge < -0.3 is 14.3 Å². The Morgan fingerprint density at radius 3 is 2.93 bits per heavy atom. The van der Waals surface area contributed by atoms with Gasteiger partial charge in [0.15, 0.2) is 11.5 Å². The molecule has 0 atom stereocenters. The first kappa shape index (κ1) is 18.4. The molecule has 0 unspecified atom stereocenters. The van der Waals surface area contributed by atoms with Gasteiger partial charge in [-0.3, -0.25) is 9.78 Å². The number of hydrogen-bond donors (Lipinski definition) is 2. The van der Waals surface area contributed by atoms with E-state index in [1.807, 2.05) is 0 Å². The summed E-state index contributed by atoms with van der Waals surface area (Å²) in [4.78, 5) is 15.8. The first-order chi connectivity index (χ1) is 13.2. The molecule has 0 aliphatic rings. The number of nitrogens with zero attached hydrogens (tertiary/aromatic N) is 4. The van der Waals surface area contributed by atoms with E-state index in [0.717, 1.165) is 17.3 Å². The average molecular weight is 385 g/mol. The number of pyridine rings is 1. The van der Waals surface area contributed by atoms with Gasteiger partial charge in [-0.05, 0) is 35.9 Å². The van der Waals surface area contributed by atoms with Crippen molar-refractivity contribution in [1.82, 2.24) is 20.6 Å². The summed E-state index contributed by atoms with van der Waals surface area (Å²) < 4.78 is 10.5. The zero-order valence-electron chi connectivity index (χ0n) is 14.2. The number of phenols is 1. The molecule has 0 bridgehead atoms. The van der Waals surface area contributed by atoms with Crippen molar-refractivity contribution in [1.29, 1.82) is 0 Å². The fourth-order valence-corrected chi connectivity index (χ4v) is 2.55. The molecule has 2 N–H and O–H groups in total. The molecule has 3 aromatic rings. The largest absolute Gasteiger partial charge is 0.504 e. The molecule has 10 heteroatoms. The minimum atomic E-state index is -0.328. The minimum absolute atomic E-state index is 0.0285. The molecule has 0 saturated heterocycles. The Kier molecular flexibility index (Phi) is 6.00. The van der Waals surface area contributed by atoms with E-state index in [0.29, 0.717) is 17.2 Å². The number of benzene rings is 1. The second-order valence-electron chi connectivity index (χ2n) is 5.12. The molecule has 0 fully saturated rings. The smallest absolute Gasteiger partial charge is 0.277 e. The third kappa shape index (κ3) is 5.05. The lowest BCUT2D eigenvalue weighted by atomic mass is 10.2. The molecule has 0 radical (unpaired) electrons. The van der Waals surface area contributed by atoms with Crippen molar-refractivity contribution in [3.05, 3.63) is 48.3 Å². The highest BCUT2D eigenvalue weighted by atomic mass is 32.2. The molecule has 1 amide bonds. The van der Waals surface area contributed by atoms with Crippen LogP contribution in [0.5, 0.6) is 11.5 Å². The lowest BCUT2D eigenvalue weighted by Gasteiger charge is -2.03. The Balaban J connectivity index is 1.49. The van der Waals surface area contributed by atoms with E-state index in [1.165, 1.54) is 19.4 Å². The van der Waals surface area contributed by atoms with Crippen LogP contribution in [0.4, 0.5) is 0 Å². The van der Waals surface area contributed by atoms with E-state index in [-0.39, 0.29) is 22.6 Å². The van der Waals surface area contributed by atoms with E-state index < -0.39 is 0 Å². The number of phenolic OH excluding ortho intramolecular Hbond substituents is 1. The van der Waals surface area contributed by atoms with Crippen LogP contribution in [-0.4, -0.2) is 45.3 Å². The summed E-state index contributed by atoms with van der Waals surface area (Å²) in [5.41, 5.74) is 3.82. The maximum atomic E-state index is 11.9. The number of aromatic nitrogens is 3. The number of rotatable bonds is 7. The fourth-order valence-electron chi connectivity index (χ4n) is 1.99. The summed E-state index contributed by atoms with van der Waals surface area (Å²) >= 11 is 1.10. The number of nitrogens with one attached hydrogen (secondary N) is 1. The first-order valence-corrected chi connectivity index (χ1v) is 8.70. The quantitative estimate of drug-likeness (QED) is 0.360. The van der Waals surface area contributed by atoms with Gasteiger partial charge in [0.1, 0.15) is 0 Å². The highest BCUT2D eigenvalue weighted by Gasteiger charge is 2.10. The van der Waals surface area contributed by atoms with Crippen molar-refractivity contribution in [2.75, 3.05) is 12.9 Å². The molecule has 3 rings (SSSR count). The number of ether oxygens (including phenoxy) is 1. The van der Waals surface area contributed by atoms with Crippen molar-refractivity contribution in [3.63, 3.8) is 0 Å². The van der Waals surface area contributed by atoms with Gasteiger partial charge in [-0.1, -0.05) is 11.8 Å². The van der Waals surface area contributed by atoms with Crippen molar-refractivity contribution in [2.45, 2.75) is 5.22 Å². The van der Waals surface area contributed by atoms with Crippen LogP contribution in [0.2, 0.25) is 0 Å². The van der Waals surface area contributed by atoms with Crippen molar-refractivity contribution < 1.29 is 19.1 Å². The molecule has 1 aromatic carbocycles. The van der Waals surface area contributed by atoms with Crippen LogP contribution >= 0.6 is 11.8 Å². The van der Waals surface area contributed by atoms with Crippen LogP contribution in [0.25, 0.3) is 11.5 Å². The third-order valence-electron chi connectivity index (χ3n) is 3.27. The van der Waals surface area contributed by atoms with Crippen LogP contribution in [0.15, 0.2) is 57.5 Å². The molecule has 0 saturated carbocycles. The van der Waals surface area contributed by atoms with E-state index in [1.54, 1.807) is 36.7 Å². The molecule has 0 aliphatic carbocycles. The second-order valence-corrected chi connectivity index (χ2v) is 6.05. The Labute approximate surface area is 158 Å². The Bertz CT molecular complexity index is 946. The molecule has 0 aliphatic heterocycles. The Morgan fingerprint density at radius 1 is 1.33 bits per heavy atom. The topological polar surface area (TPSA) is 123 Å². The van der Waals surface area contributed by atoms with Gasteiger partial charge in [0.05, 0.1) is 19.1 Å². The van der Waals surface area contributed by atoms with Gasteiger partial charge in [0, 0.05) is 18.0 Å².